The molecule has 0 bridgehead atoms. The molecular weight excluding hydrogens is 1360 g/mol. The first-order valence-corrected chi connectivity index (χ1v) is 37.2. The minimum Gasteiger partial charge on any atom is -0.456 e. The molecule has 0 aliphatic carbocycles. The Morgan fingerprint density at radius 3 is 1.13 bits per heavy atom. The molecule has 1 aliphatic rings. The molecule has 0 radical (unpaired) electrons. The molecule has 0 N–H and O–H groups in total. The molecule has 506 valence electrons. The number of thiophene rings is 2. The van der Waals surface area contributed by atoms with Crippen molar-refractivity contribution < 1.29 is 18.1 Å². The van der Waals surface area contributed by atoms with Gasteiger partial charge in [-0.3, -0.25) is 0 Å². The van der Waals surface area contributed by atoms with E-state index in [1.165, 1.54) is 73.0 Å². The van der Waals surface area contributed by atoms with Gasteiger partial charge in [-0.25, -0.2) is 19.9 Å². The summed E-state index contributed by atoms with van der Waals surface area (Å²) in [7, 11) is -0.452. The van der Waals surface area contributed by atoms with E-state index in [1.807, 2.05) is 168 Å². The highest BCUT2D eigenvalue weighted by Gasteiger charge is 2.52. The van der Waals surface area contributed by atoms with Crippen LogP contribution in [0, 0.1) is 0 Å². The topological polar surface area (TPSA) is 122 Å². The summed E-state index contributed by atoms with van der Waals surface area (Å²) in [6.07, 6.45) is 0. The number of hydrogen-bond acceptors (Lipinski definition) is 12. The molecule has 106 heavy (non-hydrogen) atoms. The van der Waals surface area contributed by atoms with Crippen molar-refractivity contribution in [1.82, 2.24) is 29.9 Å². The molecule has 14 heteroatoms. The van der Waals surface area contributed by atoms with E-state index >= 15 is 0 Å². The molecule has 1 saturated heterocycles. The Kier molecular flexibility index (Phi) is 16.0. The fraction of sp³-hybridized carbons (Fsp3) is 0.0652. The van der Waals surface area contributed by atoms with Gasteiger partial charge in [0.2, 0.25) is 5.28 Å². The number of benzene rings is 14. The predicted octanol–water partition coefficient (Wildman–Crippen LogP) is 24.9. The lowest BCUT2D eigenvalue weighted by Crippen LogP contribution is -2.41. The van der Waals surface area contributed by atoms with Gasteiger partial charge in [0.25, 0.3) is 0 Å². The molecule has 0 amide bonds. The van der Waals surface area contributed by atoms with Gasteiger partial charge < -0.3 is 18.1 Å². The van der Waals surface area contributed by atoms with Crippen LogP contribution in [-0.4, -0.2) is 48.2 Å². The summed E-state index contributed by atoms with van der Waals surface area (Å²) >= 11 is 9.73. The van der Waals surface area contributed by atoms with Crippen LogP contribution >= 0.6 is 34.3 Å². The quantitative estimate of drug-likeness (QED) is 0.136. The maximum Gasteiger partial charge on any atom is 0.495 e. The van der Waals surface area contributed by atoms with E-state index in [9.17, 15) is 0 Å². The predicted molar refractivity (Wildman–Crippen MR) is 440 cm³/mol. The van der Waals surface area contributed by atoms with Gasteiger partial charge in [0.05, 0.1) is 11.2 Å². The van der Waals surface area contributed by atoms with Gasteiger partial charge in [-0.05, 0) is 149 Å². The number of aromatic nitrogens is 6. The van der Waals surface area contributed by atoms with Crippen molar-refractivity contribution in [3.63, 3.8) is 0 Å². The van der Waals surface area contributed by atoms with Crippen LogP contribution in [0.3, 0.4) is 0 Å². The van der Waals surface area contributed by atoms with Crippen LogP contribution in [0.25, 0.3) is 185 Å². The standard InChI is InChI=1S/C43H25N3OS.C34H27BO3S.C15H10ClN3/c1-3-11-27(12-4-1)41-44-42(28-13-5-2-6-14-28)46-43(45-41)33-16-9-17-37-39(33)35-25-29(19-22-36(35)47-37)30-20-23-38-34(24-30)32-21-18-26-10-7-8-15-31(26)40(32)48-38;1-33(2)34(3,4)38-35(37-33)27-10-7-11-29-31(27)26-19-21(13-16-28(26)36-29)22-14-17-30-25(18-22)24-15-12-20-8-5-6-9-23(20)32(24)39-30;16-15-18-13(11-7-3-1-4-8-11)17-14(19-15)12-9-5-2-6-10-12/h1-25H;5-19H,1-4H3;1-10H. The van der Waals surface area contributed by atoms with E-state index < -0.39 is 18.3 Å². The normalized spacial score (nSPS) is 13.4. The average Bonchev–Trinajstić information content (AvgIpc) is 1.60. The van der Waals surface area contributed by atoms with Crippen LogP contribution in [0.1, 0.15) is 27.7 Å². The Morgan fingerprint density at radius 2 is 0.670 bits per heavy atom. The van der Waals surface area contributed by atoms with Gasteiger partial charge in [0, 0.05) is 89.7 Å². The minimum atomic E-state index is -0.452. The number of hydrogen-bond donors (Lipinski definition) is 0. The van der Waals surface area contributed by atoms with E-state index in [-0.39, 0.29) is 5.28 Å². The fourth-order valence-electron chi connectivity index (χ4n) is 14.5. The van der Waals surface area contributed by atoms with Gasteiger partial charge >= 0.3 is 7.12 Å². The van der Waals surface area contributed by atoms with Crippen LogP contribution in [0.2, 0.25) is 5.28 Å². The lowest BCUT2D eigenvalue weighted by Gasteiger charge is -2.32. The van der Waals surface area contributed by atoms with Crippen molar-refractivity contribution in [2.75, 3.05) is 0 Å². The van der Waals surface area contributed by atoms with Crippen LogP contribution in [0.4, 0.5) is 0 Å². The molecule has 0 spiro atoms. The lowest BCUT2D eigenvalue weighted by molar-refractivity contribution is 0.00578. The third-order valence-electron chi connectivity index (χ3n) is 20.5. The van der Waals surface area contributed by atoms with Gasteiger partial charge in [0.1, 0.15) is 22.3 Å². The summed E-state index contributed by atoms with van der Waals surface area (Å²) in [5.41, 5.74) is 12.8. The molecule has 20 aromatic rings. The number of furan rings is 2. The van der Waals surface area contributed by atoms with Crippen molar-refractivity contribution in [2.45, 2.75) is 38.9 Å². The maximum atomic E-state index is 6.44. The van der Waals surface area contributed by atoms with E-state index in [2.05, 4.69) is 200 Å². The van der Waals surface area contributed by atoms with Crippen molar-refractivity contribution in [1.29, 1.82) is 0 Å². The summed E-state index contributed by atoms with van der Waals surface area (Å²) in [6.45, 7) is 8.36. The Hall–Kier alpha value is -12.1. The van der Waals surface area contributed by atoms with Crippen LogP contribution in [-0.2, 0) is 9.31 Å². The zero-order valence-corrected chi connectivity index (χ0v) is 60.3. The Balaban J connectivity index is 0.000000118. The molecule has 0 unspecified atom stereocenters. The molecule has 10 nitrogen and oxygen atoms in total. The zero-order chi connectivity index (χ0) is 71.2. The summed E-state index contributed by atoms with van der Waals surface area (Å²) in [6, 6.07) is 105. The molecule has 0 atom stereocenters. The van der Waals surface area contributed by atoms with Crippen molar-refractivity contribution >= 4 is 153 Å². The molecule has 1 fully saturated rings. The van der Waals surface area contributed by atoms with Crippen molar-refractivity contribution in [3.8, 4) is 79.2 Å². The van der Waals surface area contributed by atoms with Gasteiger partial charge in [-0.15, -0.1) is 22.7 Å². The SMILES string of the molecule is CC1(C)OB(c2cccc3oc4ccc(-c5ccc6sc7c8ccccc8ccc7c6c5)cc4c23)OC1(C)C.Clc1nc(-c2ccccc2)nc(-c2ccccc2)n1.c1ccc(-c2nc(-c3ccccc3)nc(-c3cccc4oc5ccc(-c6ccc7sc8c9ccccc9ccc8c7c6)cc5c34)n2)cc1. The second-order valence-electron chi connectivity index (χ2n) is 27.6. The molecular formula is C92H62BClN6O4S2. The van der Waals surface area contributed by atoms with Crippen molar-refractivity contribution in [3.05, 3.63) is 309 Å². The summed E-state index contributed by atoms with van der Waals surface area (Å²) < 4.78 is 30.9. The first-order valence-electron chi connectivity index (χ1n) is 35.2. The average molecular weight is 1430 g/mol. The summed E-state index contributed by atoms with van der Waals surface area (Å²) in [5.74, 6) is 3.04. The molecule has 0 saturated carbocycles. The first kappa shape index (κ1) is 64.8. The number of nitrogens with zero attached hydrogens (tertiary/aromatic N) is 6. The Bertz CT molecular complexity index is 6690. The highest BCUT2D eigenvalue weighted by Crippen LogP contribution is 2.45. The Labute approximate surface area is 623 Å². The van der Waals surface area contributed by atoms with Crippen LogP contribution < -0.4 is 5.46 Å². The van der Waals surface area contributed by atoms with Gasteiger partial charge in [-0.1, -0.05) is 243 Å². The molecule has 21 rings (SSSR count). The van der Waals surface area contributed by atoms with E-state index in [0.29, 0.717) is 29.1 Å². The van der Waals surface area contributed by atoms with E-state index in [4.69, 9.17) is 44.7 Å². The number of halogens is 1. The molecule has 7 heterocycles. The smallest absolute Gasteiger partial charge is 0.456 e. The second-order valence-corrected chi connectivity index (χ2v) is 30.0. The maximum absolute atomic E-state index is 6.44. The Morgan fingerprint density at radius 1 is 0.292 bits per heavy atom. The molecule has 1 aliphatic heterocycles. The zero-order valence-electron chi connectivity index (χ0n) is 58.0. The lowest BCUT2D eigenvalue weighted by atomic mass is 9.76. The van der Waals surface area contributed by atoms with E-state index in [1.54, 1.807) is 0 Å². The molecule has 6 aromatic heterocycles. The van der Waals surface area contributed by atoms with Crippen LogP contribution in [0.5, 0.6) is 0 Å². The van der Waals surface area contributed by atoms with Gasteiger partial charge in [-0.2, -0.15) is 9.97 Å². The first-order chi connectivity index (χ1) is 51.9. The highest BCUT2D eigenvalue weighted by atomic mass is 35.5. The van der Waals surface area contributed by atoms with Crippen molar-refractivity contribution in [2.24, 2.45) is 0 Å². The number of fused-ring (bicyclic) bond motifs is 16. The largest absolute Gasteiger partial charge is 0.495 e. The van der Waals surface area contributed by atoms with Gasteiger partial charge in [0.15, 0.2) is 29.1 Å². The number of rotatable bonds is 8. The minimum absolute atomic E-state index is 0.202. The second kappa shape index (κ2) is 26.3. The third kappa shape index (κ3) is 11.7. The molecule has 14 aromatic carbocycles. The monoisotopic (exact) mass is 1420 g/mol. The third-order valence-corrected chi connectivity index (χ3v) is 23.1. The summed E-state index contributed by atoms with van der Waals surface area (Å²) in [5, 5.41) is 14.7. The summed E-state index contributed by atoms with van der Waals surface area (Å²) in [4.78, 5) is 27.8. The highest BCUT2D eigenvalue weighted by molar-refractivity contribution is 7.27. The van der Waals surface area contributed by atoms with E-state index in [0.717, 1.165) is 88.3 Å². The van der Waals surface area contributed by atoms with Crippen LogP contribution in [0.15, 0.2) is 312 Å². The fourth-order valence-corrected chi connectivity index (χ4v) is 17.1.